The van der Waals surface area contributed by atoms with Crippen LogP contribution in [0.2, 0.25) is 0 Å². The van der Waals surface area contributed by atoms with Gasteiger partial charge in [0, 0.05) is 11.4 Å². The second-order valence-electron chi connectivity index (χ2n) is 4.40. The van der Waals surface area contributed by atoms with E-state index in [0.29, 0.717) is 11.4 Å². The third-order valence-corrected chi connectivity index (χ3v) is 4.99. The molecule has 2 rings (SSSR count). The van der Waals surface area contributed by atoms with Gasteiger partial charge in [-0.3, -0.25) is 4.79 Å². The SMILES string of the molecule is CCNc1nc(C)c(C(=O)NCc2nc(C)c(C)s2)s1. The van der Waals surface area contributed by atoms with Crippen molar-refractivity contribution in [2.75, 3.05) is 11.9 Å². The molecule has 7 heteroatoms. The summed E-state index contributed by atoms with van der Waals surface area (Å²) in [6.45, 7) is 9.13. The van der Waals surface area contributed by atoms with Crippen LogP contribution in [0.25, 0.3) is 0 Å². The minimum atomic E-state index is -0.0883. The van der Waals surface area contributed by atoms with E-state index in [1.165, 1.54) is 16.2 Å². The van der Waals surface area contributed by atoms with Crippen LogP contribution in [-0.2, 0) is 6.54 Å². The van der Waals surface area contributed by atoms with Crippen LogP contribution in [0.5, 0.6) is 0 Å². The third-order valence-electron chi connectivity index (χ3n) is 2.80. The fraction of sp³-hybridized carbons (Fsp3) is 0.462. The fourth-order valence-corrected chi connectivity index (χ4v) is 3.51. The summed E-state index contributed by atoms with van der Waals surface area (Å²) in [6, 6.07) is 0. The van der Waals surface area contributed by atoms with Crippen LogP contribution in [0.15, 0.2) is 0 Å². The summed E-state index contributed by atoms with van der Waals surface area (Å²) in [5.41, 5.74) is 1.79. The Morgan fingerprint density at radius 2 is 1.90 bits per heavy atom. The van der Waals surface area contributed by atoms with Gasteiger partial charge in [0.25, 0.3) is 5.91 Å². The molecule has 0 bridgehead atoms. The van der Waals surface area contributed by atoms with Gasteiger partial charge in [0.1, 0.15) is 9.88 Å². The average molecular weight is 310 g/mol. The first kappa shape index (κ1) is 14.9. The van der Waals surface area contributed by atoms with E-state index in [9.17, 15) is 4.79 Å². The summed E-state index contributed by atoms with van der Waals surface area (Å²) >= 11 is 3.00. The molecule has 0 saturated heterocycles. The lowest BCUT2D eigenvalue weighted by atomic mass is 10.4. The fourth-order valence-electron chi connectivity index (χ4n) is 1.68. The lowest BCUT2D eigenvalue weighted by molar-refractivity contribution is 0.0954. The first-order chi connectivity index (χ1) is 9.51. The van der Waals surface area contributed by atoms with Crippen molar-refractivity contribution >= 4 is 33.7 Å². The van der Waals surface area contributed by atoms with Crippen molar-refractivity contribution in [3.05, 3.63) is 26.1 Å². The summed E-state index contributed by atoms with van der Waals surface area (Å²) in [6.07, 6.45) is 0. The van der Waals surface area contributed by atoms with E-state index in [2.05, 4.69) is 20.6 Å². The predicted molar refractivity (Wildman–Crippen MR) is 83.8 cm³/mol. The molecule has 1 amide bonds. The minimum absolute atomic E-state index is 0.0883. The molecular weight excluding hydrogens is 292 g/mol. The minimum Gasteiger partial charge on any atom is -0.362 e. The van der Waals surface area contributed by atoms with Crippen molar-refractivity contribution in [2.45, 2.75) is 34.2 Å². The summed E-state index contributed by atoms with van der Waals surface area (Å²) in [5, 5.41) is 7.75. The maximum atomic E-state index is 12.2. The predicted octanol–water partition coefficient (Wildman–Crippen LogP) is 2.89. The van der Waals surface area contributed by atoms with Crippen molar-refractivity contribution in [1.82, 2.24) is 15.3 Å². The monoisotopic (exact) mass is 310 g/mol. The number of nitrogens with one attached hydrogen (secondary N) is 2. The van der Waals surface area contributed by atoms with Gasteiger partial charge in [0.2, 0.25) is 0 Å². The zero-order valence-electron chi connectivity index (χ0n) is 12.0. The van der Waals surface area contributed by atoms with Gasteiger partial charge in [0.15, 0.2) is 5.13 Å². The van der Waals surface area contributed by atoms with Gasteiger partial charge >= 0.3 is 0 Å². The maximum Gasteiger partial charge on any atom is 0.263 e. The third kappa shape index (κ3) is 3.34. The smallest absolute Gasteiger partial charge is 0.263 e. The molecule has 20 heavy (non-hydrogen) atoms. The summed E-state index contributed by atoms with van der Waals surface area (Å²) in [4.78, 5) is 22.7. The number of carbonyl (C=O) groups excluding carboxylic acids is 1. The van der Waals surface area contributed by atoms with Gasteiger partial charge in [-0.15, -0.1) is 11.3 Å². The first-order valence-corrected chi connectivity index (χ1v) is 8.07. The molecule has 0 fully saturated rings. The van der Waals surface area contributed by atoms with Gasteiger partial charge in [0.05, 0.1) is 17.9 Å². The highest BCUT2D eigenvalue weighted by Crippen LogP contribution is 2.22. The van der Waals surface area contributed by atoms with Crippen LogP contribution in [0, 0.1) is 20.8 Å². The molecule has 2 N–H and O–H groups in total. The van der Waals surface area contributed by atoms with Crippen molar-refractivity contribution in [3.8, 4) is 0 Å². The topological polar surface area (TPSA) is 66.9 Å². The standard InChI is InChI=1S/C13H18N4OS2/c1-5-14-13-17-8(3)11(20-13)12(18)15-6-10-16-7(2)9(4)19-10/h5-6H2,1-4H3,(H,14,17)(H,15,18). The van der Waals surface area contributed by atoms with Crippen LogP contribution in [0.4, 0.5) is 5.13 Å². The van der Waals surface area contributed by atoms with Crippen molar-refractivity contribution < 1.29 is 4.79 Å². The molecule has 0 aliphatic heterocycles. The highest BCUT2D eigenvalue weighted by molar-refractivity contribution is 7.17. The Morgan fingerprint density at radius 3 is 2.50 bits per heavy atom. The van der Waals surface area contributed by atoms with Crippen LogP contribution in [0.1, 0.15) is 37.9 Å². The van der Waals surface area contributed by atoms with Gasteiger partial charge in [-0.1, -0.05) is 11.3 Å². The van der Waals surface area contributed by atoms with Crippen LogP contribution >= 0.6 is 22.7 Å². The maximum absolute atomic E-state index is 12.2. The number of aryl methyl sites for hydroxylation is 3. The van der Waals surface area contributed by atoms with E-state index in [4.69, 9.17) is 0 Å². The molecule has 5 nitrogen and oxygen atoms in total. The number of aromatic nitrogens is 2. The Labute approximate surface area is 126 Å². The zero-order chi connectivity index (χ0) is 14.7. The van der Waals surface area contributed by atoms with Gasteiger partial charge < -0.3 is 10.6 Å². The zero-order valence-corrected chi connectivity index (χ0v) is 13.7. The van der Waals surface area contributed by atoms with Crippen LogP contribution in [-0.4, -0.2) is 22.4 Å². The largest absolute Gasteiger partial charge is 0.362 e. The molecule has 2 heterocycles. The normalized spacial score (nSPS) is 10.6. The van der Waals surface area contributed by atoms with E-state index >= 15 is 0 Å². The molecule has 0 saturated carbocycles. The second kappa shape index (κ2) is 6.32. The highest BCUT2D eigenvalue weighted by atomic mass is 32.1. The molecule has 108 valence electrons. The van der Waals surface area contributed by atoms with Crippen molar-refractivity contribution in [1.29, 1.82) is 0 Å². The van der Waals surface area contributed by atoms with Gasteiger partial charge in [-0.2, -0.15) is 0 Å². The Balaban J connectivity index is 2.01. The number of anilines is 1. The molecule has 0 unspecified atom stereocenters. The average Bonchev–Trinajstić information content (AvgIpc) is 2.91. The summed E-state index contributed by atoms with van der Waals surface area (Å²) in [7, 11) is 0. The van der Waals surface area contributed by atoms with Crippen LogP contribution < -0.4 is 10.6 Å². The molecule has 0 radical (unpaired) electrons. The summed E-state index contributed by atoms with van der Waals surface area (Å²) in [5.74, 6) is -0.0883. The number of rotatable bonds is 5. The number of nitrogens with zero attached hydrogens (tertiary/aromatic N) is 2. The lowest BCUT2D eigenvalue weighted by Crippen LogP contribution is -2.22. The van der Waals surface area contributed by atoms with E-state index in [1.807, 2.05) is 27.7 Å². The molecule has 2 aromatic rings. The molecule has 0 aromatic carbocycles. The van der Waals surface area contributed by atoms with Crippen molar-refractivity contribution in [3.63, 3.8) is 0 Å². The lowest BCUT2D eigenvalue weighted by Gasteiger charge is -2.00. The van der Waals surface area contributed by atoms with Gasteiger partial charge in [-0.25, -0.2) is 9.97 Å². The molecule has 0 atom stereocenters. The number of hydrogen-bond donors (Lipinski definition) is 2. The number of amides is 1. The van der Waals surface area contributed by atoms with Gasteiger partial charge in [-0.05, 0) is 27.7 Å². The number of thiazole rings is 2. The van der Waals surface area contributed by atoms with E-state index in [-0.39, 0.29) is 5.91 Å². The Hall–Kier alpha value is -1.47. The highest BCUT2D eigenvalue weighted by Gasteiger charge is 2.15. The second-order valence-corrected chi connectivity index (χ2v) is 6.68. The summed E-state index contributed by atoms with van der Waals surface area (Å²) < 4.78 is 0. The molecule has 2 aromatic heterocycles. The van der Waals surface area contributed by atoms with E-state index in [0.717, 1.165) is 28.1 Å². The number of hydrogen-bond acceptors (Lipinski definition) is 6. The quantitative estimate of drug-likeness (QED) is 0.891. The van der Waals surface area contributed by atoms with E-state index in [1.54, 1.807) is 11.3 Å². The van der Waals surface area contributed by atoms with E-state index < -0.39 is 0 Å². The molecular formula is C13H18N4OS2. The van der Waals surface area contributed by atoms with Crippen LogP contribution in [0.3, 0.4) is 0 Å². The number of carbonyl (C=O) groups is 1. The Bertz CT molecular complexity index is 598. The Morgan fingerprint density at radius 1 is 1.15 bits per heavy atom. The molecule has 0 aliphatic rings. The molecule has 0 spiro atoms. The molecule has 0 aliphatic carbocycles. The van der Waals surface area contributed by atoms with Crippen molar-refractivity contribution in [2.24, 2.45) is 0 Å². The Kier molecular flexibility index (Phi) is 4.72. The first-order valence-electron chi connectivity index (χ1n) is 6.43.